The third-order valence-electron chi connectivity index (χ3n) is 7.72. The van der Waals surface area contributed by atoms with Crippen LogP contribution in [0.15, 0.2) is 42.5 Å². The minimum absolute atomic E-state index is 0.0122. The predicted molar refractivity (Wildman–Crippen MR) is 152 cm³/mol. The minimum Gasteiger partial charge on any atom is -0.490 e. The molecular weight excluding hydrogens is 512 g/mol. The fraction of sp³-hybridized carbons (Fsp3) is 0.516. The number of hydrogen-bond donors (Lipinski definition) is 2. The Balaban J connectivity index is 1.23. The van der Waals surface area contributed by atoms with Gasteiger partial charge in [0.05, 0.1) is 16.7 Å². The maximum atomic E-state index is 12.3. The van der Waals surface area contributed by atoms with Gasteiger partial charge in [0.15, 0.2) is 0 Å². The van der Waals surface area contributed by atoms with Crippen LogP contribution in [0.1, 0.15) is 84.5 Å². The van der Waals surface area contributed by atoms with Crippen LogP contribution in [0.25, 0.3) is 0 Å². The van der Waals surface area contributed by atoms with E-state index >= 15 is 0 Å². The van der Waals surface area contributed by atoms with Gasteiger partial charge >= 0.3 is 17.9 Å². The first-order valence-corrected chi connectivity index (χ1v) is 14.0. The monoisotopic (exact) mass is 552 g/mol. The SMILES string of the molecule is CCN(CC1CCN(c2ccc(C(=O)OC(C)(C)C)cc2)CC1)[C@H]1C[C@H](Oc2ccc(C(=O)O)c(C(=O)O)c2)C1. The van der Waals surface area contributed by atoms with Gasteiger partial charge in [-0.05, 0) is 88.5 Å². The molecule has 1 heterocycles. The number of benzene rings is 2. The molecule has 0 unspecified atom stereocenters. The molecule has 0 spiro atoms. The lowest BCUT2D eigenvalue weighted by atomic mass is 9.86. The summed E-state index contributed by atoms with van der Waals surface area (Å²) in [7, 11) is 0. The number of ether oxygens (including phenoxy) is 2. The molecule has 0 radical (unpaired) electrons. The molecule has 2 aliphatic rings. The van der Waals surface area contributed by atoms with Crippen LogP contribution in [0.5, 0.6) is 5.75 Å². The van der Waals surface area contributed by atoms with Crippen molar-refractivity contribution in [1.82, 2.24) is 4.90 Å². The lowest BCUT2D eigenvalue weighted by Crippen LogP contribution is -2.51. The molecule has 216 valence electrons. The summed E-state index contributed by atoms with van der Waals surface area (Å²) in [6.07, 6.45) is 3.91. The molecule has 0 amide bonds. The van der Waals surface area contributed by atoms with Crippen molar-refractivity contribution >= 4 is 23.6 Å². The van der Waals surface area contributed by atoms with Crippen molar-refractivity contribution in [3.05, 3.63) is 59.2 Å². The number of nitrogens with zero attached hydrogens (tertiary/aromatic N) is 2. The van der Waals surface area contributed by atoms with Crippen LogP contribution in [0, 0.1) is 5.92 Å². The number of piperidine rings is 1. The van der Waals surface area contributed by atoms with E-state index < -0.39 is 17.5 Å². The van der Waals surface area contributed by atoms with Gasteiger partial charge in [-0.15, -0.1) is 0 Å². The number of rotatable bonds is 10. The number of hydrogen-bond acceptors (Lipinski definition) is 7. The third kappa shape index (κ3) is 7.33. The van der Waals surface area contributed by atoms with Gasteiger partial charge < -0.3 is 29.5 Å². The van der Waals surface area contributed by atoms with Crippen molar-refractivity contribution in [1.29, 1.82) is 0 Å². The molecule has 2 N–H and O–H groups in total. The Kier molecular flexibility index (Phi) is 9.03. The topological polar surface area (TPSA) is 117 Å². The second-order valence-corrected chi connectivity index (χ2v) is 11.7. The number of aromatic carboxylic acids is 2. The van der Waals surface area contributed by atoms with E-state index in [-0.39, 0.29) is 23.2 Å². The summed E-state index contributed by atoms with van der Waals surface area (Å²) >= 11 is 0. The van der Waals surface area contributed by atoms with Crippen LogP contribution in [0.3, 0.4) is 0 Å². The second-order valence-electron chi connectivity index (χ2n) is 11.7. The number of carboxylic acids is 2. The van der Waals surface area contributed by atoms with Gasteiger partial charge in [-0.2, -0.15) is 0 Å². The Labute approximate surface area is 235 Å². The fourth-order valence-electron chi connectivity index (χ4n) is 5.47. The van der Waals surface area contributed by atoms with E-state index in [1.165, 1.54) is 18.2 Å². The first-order chi connectivity index (χ1) is 18.9. The molecule has 2 fully saturated rings. The highest BCUT2D eigenvalue weighted by Crippen LogP contribution is 2.33. The molecule has 0 bridgehead atoms. The molecule has 2 aromatic rings. The molecule has 1 aliphatic carbocycles. The highest BCUT2D eigenvalue weighted by Gasteiger charge is 2.36. The average molecular weight is 553 g/mol. The molecule has 9 nitrogen and oxygen atoms in total. The standard InChI is InChI=1S/C31H40N2O7/c1-5-32(23-16-25(17-23)39-24-10-11-26(28(34)35)27(18-24)29(36)37)19-20-12-14-33(15-13-20)22-8-6-21(7-9-22)30(38)40-31(2,3)4/h6-11,18,20,23,25H,5,12-17,19H2,1-4H3,(H,34,35)(H,36,37)/t23-,25-. The lowest BCUT2D eigenvalue weighted by molar-refractivity contribution is 0.00686. The number of carboxylic acid groups (broad SMARTS) is 2. The summed E-state index contributed by atoms with van der Waals surface area (Å²) in [4.78, 5) is 39.9. The first kappa shape index (κ1) is 29.4. The summed E-state index contributed by atoms with van der Waals surface area (Å²) in [6, 6.07) is 12.2. The Morgan fingerprint density at radius 3 is 2.12 bits per heavy atom. The van der Waals surface area contributed by atoms with E-state index in [1.54, 1.807) is 0 Å². The molecule has 9 heteroatoms. The van der Waals surface area contributed by atoms with Crippen LogP contribution < -0.4 is 9.64 Å². The summed E-state index contributed by atoms with van der Waals surface area (Å²) in [5, 5.41) is 18.6. The van der Waals surface area contributed by atoms with E-state index in [1.807, 2.05) is 45.0 Å². The van der Waals surface area contributed by atoms with E-state index in [0.717, 1.165) is 57.5 Å². The summed E-state index contributed by atoms with van der Waals surface area (Å²) in [5.41, 5.74) is 0.668. The zero-order valence-electron chi connectivity index (χ0n) is 23.8. The van der Waals surface area contributed by atoms with Crippen molar-refractivity contribution in [2.75, 3.05) is 31.1 Å². The Hall–Kier alpha value is -3.59. The Morgan fingerprint density at radius 2 is 1.57 bits per heavy atom. The molecule has 1 saturated carbocycles. The Bertz CT molecular complexity index is 1210. The number of carbonyl (C=O) groups is 3. The van der Waals surface area contributed by atoms with Crippen LogP contribution in [-0.4, -0.2) is 76.9 Å². The van der Waals surface area contributed by atoms with Gasteiger partial charge in [0.25, 0.3) is 0 Å². The van der Waals surface area contributed by atoms with E-state index in [0.29, 0.717) is 23.3 Å². The zero-order valence-corrected chi connectivity index (χ0v) is 23.8. The largest absolute Gasteiger partial charge is 0.490 e. The van der Waals surface area contributed by atoms with Crippen LogP contribution >= 0.6 is 0 Å². The van der Waals surface area contributed by atoms with Crippen LogP contribution in [0.4, 0.5) is 5.69 Å². The third-order valence-corrected chi connectivity index (χ3v) is 7.72. The molecule has 2 aromatic carbocycles. The maximum absolute atomic E-state index is 12.3. The minimum atomic E-state index is -1.28. The van der Waals surface area contributed by atoms with Gasteiger partial charge in [-0.3, -0.25) is 0 Å². The summed E-state index contributed by atoms with van der Waals surface area (Å²) < 4.78 is 11.4. The quantitative estimate of drug-likeness (QED) is 0.384. The molecule has 1 aliphatic heterocycles. The van der Waals surface area contributed by atoms with Gasteiger partial charge in [0.1, 0.15) is 17.5 Å². The van der Waals surface area contributed by atoms with Crippen LogP contribution in [0.2, 0.25) is 0 Å². The summed E-state index contributed by atoms with van der Waals surface area (Å²) in [5.74, 6) is -1.86. The summed E-state index contributed by atoms with van der Waals surface area (Å²) in [6.45, 7) is 11.7. The van der Waals surface area contributed by atoms with Crippen molar-refractivity contribution in [3.8, 4) is 5.75 Å². The van der Waals surface area contributed by atoms with E-state index in [2.05, 4.69) is 16.7 Å². The van der Waals surface area contributed by atoms with Crippen molar-refractivity contribution in [2.24, 2.45) is 5.92 Å². The molecular formula is C31H40N2O7. The van der Waals surface area contributed by atoms with Gasteiger partial charge in [0, 0.05) is 44.2 Å². The smallest absolute Gasteiger partial charge is 0.338 e. The number of anilines is 1. The molecule has 4 rings (SSSR count). The molecule has 1 saturated heterocycles. The van der Waals surface area contributed by atoms with Gasteiger partial charge in [0.2, 0.25) is 0 Å². The van der Waals surface area contributed by atoms with Crippen molar-refractivity contribution in [3.63, 3.8) is 0 Å². The second kappa shape index (κ2) is 12.3. The lowest BCUT2D eigenvalue weighted by Gasteiger charge is -2.44. The Morgan fingerprint density at radius 1 is 0.950 bits per heavy atom. The number of esters is 1. The van der Waals surface area contributed by atoms with E-state index in [4.69, 9.17) is 9.47 Å². The van der Waals surface area contributed by atoms with Crippen molar-refractivity contribution < 1.29 is 34.1 Å². The first-order valence-electron chi connectivity index (χ1n) is 14.0. The maximum Gasteiger partial charge on any atom is 0.338 e. The highest BCUT2D eigenvalue weighted by atomic mass is 16.6. The van der Waals surface area contributed by atoms with Gasteiger partial charge in [-0.25, -0.2) is 14.4 Å². The molecule has 40 heavy (non-hydrogen) atoms. The van der Waals surface area contributed by atoms with Gasteiger partial charge in [-0.1, -0.05) is 6.92 Å². The molecule has 0 atom stereocenters. The van der Waals surface area contributed by atoms with E-state index in [9.17, 15) is 24.6 Å². The average Bonchev–Trinajstić information content (AvgIpc) is 2.88. The normalized spacial score (nSPS) is 19.7. The fourth-order valence-corrected chi connectivity index (χ4v) is 5.47. The van der Waals surface area contributed by atoms with Crippen molar-refractivity contribution in [2.45, 2.75) is 71.1 Å². The predicted octanol–water partition coefficient (Wildman–Crippen LogP) is 5.19. The number of carbonyl (C=O) groups excluding carboxylic acids is 1. The molecule has 0 aromatic heterocycles. The highest BCUT2D eigenvalue weighted by molar-refractivity contribution is 6.02. The van der Waals surface area contributed by atoms with Crippen LogP contribution in [-0.2, 0) is 4.74 Å². The zero-order chi connectivity index (χ0) is 29.0.